The van der Waals surface area contributed by atoms with Crippen molar-refractivity contribution in [3.8, 4) is 11.8 Å². The SMILES string of the molecule is CCC(C)CC(C)NC(=O)c1cc(C#CCN)ccc1F. The van der Waals surface area contributed by atoms with Gasteiger partial charge in [-0.25, -0.2) is 4.39 Å². The number of halogens is 1. The molecule has 4 heteroatoms. The molecule has 1 aromatic rings. The molecule has 0 aromatic heterocycles. The molecule has 1 amide bonds. The van der Waals surface area contributed by atoms with E-state index in [-0.39, 0.29) is 18.2 Å². The van der Waals surface area contributed by atoms with Gasteiger partial charge < -0.3 is 11.1 Å². The Morgan fingerprint density at radius 3 is 2.76 bits per heavy atom. The quantitative estimate of drug-likeness (QED) is 0.819. The Balaban J connectivity index is 2.81. The van der Waals surface area contributed by atoms with Gasteiger partial charge in [0.05, 0.1) is 12.1 Å². The molecule has 0 aliphatic rings. The molecule has 0 bridgehead atoms. The lowest BCUT2D eigenvalue weighted by Gasteiger charge is -2.17. The van der Waals surface area contributed by atoms with Crippen LogP contribution in [-0.2, 0) is 0 Å². The maximum atomic E-state index is 13.8. The third-order valence-electron chi connectivity index (χ3n) is 3.38. The molecule has 0 spiro atoms. The van der Waals surface area contributed by atoms with Crippen LogP contribution in [0, 0.1) is 23.6 Å². The summed E-state index contributed by atoms with van der Waals surface area (Å²) in [5.74, 6) is 5.07. The van der Waals surface area contributed by atoms with Crippen LogP contribution >= 0.6 is 0 Å². The summed E-state index contributed by atoms with van der Waals surface area (Å²) in [6.45, 7) is 6.40. The van der Waals surface area contributed by atoms with Crippen molar-refractivity contribution in [2.24, 2.45) is 11.7 Å². The van der Waals surface area contributed by atoms with Crippen LogP contribution in [0.15, 0.2) is 18.2 Å². The molecule has 0 radical (unpaired) electrons. The van der Waals surface area contributed by atoms with E-state index in [0.717, 1.165) is 12.8 Å². The molecule has 114 valence electrons. The minimum absolute atomic E-state index is 0.00521. The zero-order valence-electron chi connectivity index (χ0n) is 12.9. The number of amides is 1. The largest absolute Gasteiger partial charge is 0.349 e. The van der Waals surface area contributed by atoms with Gasteiger partial charge in [-0.2, -0.15) is 0 Å². The molecular weight excluding hydrogens is 267 g/mol. The third kappa shape index (κ3) is 5.57. The normalized spacial score (nSPS) is 13.0. The summed E-state index contributed by atoms with van der Waals surface area (Å²) < 4.78 is 13.8. The van der Waals surface area contributed by atoms with Crippen molar-refractivity contribution in [1.29, 1.82) is 0 Å². The van der Waals surface area contributed by atoms with E-state index in [2.05, 4.69) is 31.0 Å². The highest BCUT2D eigenvalue weighted by molar-refractivity contribution is 5.95. The second-order valence-electron chi connectivity index (χ2n) is 5.32. The Morgan fingerprint density at radius 2 is 2.14 bits per heavy atom. The molecule has 0 saturated carbocycles. The maximum absolute atomic E-state index is 13.8. The second kappa shape index (κ2) is 8.43. The highest BCUT2D eigenvalue weighted by Gasteiger charge is 2.15. The van der Waals surface area contributed by atoms with Gasteiger partial charge in [0.15, 0.2) is 0 Å². The number of hydrogen-bond acceptors (Lipinski definition) is 2. The van der Waals surface area contributed by atoms with Crippen molar-refractivity contribution in [3.63, 3.8) is 0 Å². The first-order chi connectivity index (χ1) is 9.97. The average molecular weight is 290 g/mol. The Bertz CT molecular complexity index is 545. The van der Waals surface area contributed by atoms with Crippen LogP contribution in [0.4, 0.5) is 4.39 Å². The fourth-order valence-corrected chi connectivity index (χ4v) is 2.06. The summed E-state index contributed by atoms with van der Waals surface area (Å²) in [5.41, 5.74) is 5.91. The van der Waals surface area contributed by atoms with Crippen molar-refractivity contribution >= 4 is 5.91 Å². The monoisotopic (exact) mass is 290 g/mol. The smallest absolute Gasteiger partial charge is 0.254 e. The highest BCUT2D eigenvalue weighted by Crippen LogP contribution is 2.13. The molecule has 3 nitrogen and oxygen atoms in total. The van der Waals surface area contributed by atoms with Crippen LogP contribution in [0.1, 0.15) is 49.5 Å². The Kier molecular flexibility index (Phi) is 6.90. The lowest BCUT2D eigenvalue weighted by molar-refractivity contribution is 0.0931. The van der Waals surface area contributed by atoms with Crippen LogP contribution in [0.2, 0.25) is 0 Å². The topological polar surface area (TPSA) is 55.1 Å². The number of nitrogens with one attached hydrogen (secondary N) is 1. The molecule has 0 heterocycles. The number of carbonyl (C=O) groups is 1. The predicted molar refractivity (Wildman–Crippen MR) is 83.3 cm³/mol. The summed E-state index contributed by atoms with van der Waals surface area (Å²) in [7, 11) is 0. The van der Waals surface area contributed by atoms with Crippen molar-refractivity contribution in [3.05, 3.63) is 35.1 Å². The van der Waals surface area contributed by atoms with Crippen LogP contribution in [0.5, 0.6) is 0 Å². The first kappa shape index (κ1) is 17.2. The highest BCUT2D eigenvalue weighted by atomic mass is 19.1. The van der Waals surface area contributed by atoms with Crippen molar-refractivity contribution < 1.29 is 9.18 Å². The Morgan fingerprint density at radius 1 is 1.43 bits per heavy atom. The number of hydrogen-bond donors (Lipinski definition) is 2. The van der Waals surface area contributed by atoms with E-state index in [1.165, 1.54) is 18.2 Å². The third-order valence-corrected chi connectivity index (χ3v) is 3.38. The zero-order valence-corrected chi connectivity index (χ0v) is 12.9. The van der Waals surface area contributed by atoms with E-state index >= 15 is 0 Å². The van der Waals surface area contributed by atoms with Crippen LogP contribution in [0.25, 0.3) is 0 Å². The van der Waals surface area contributed by atoms with Gasteiger partial charge in [0.2, 0.25) is 0 Å². The second-order valence-corrected chi connectivity index (χ2v) is 5.32. The van der Waals surface area contributed by atoms with E-state index in [1.54, 1.807) is 0 Å². The molecule has 1 rings (SSSR count). The number of rotatable bonds is 5. The maximum Gasteiger partial charge on any atom is 0.254 e. The summed E-state index contributed by atoms with van der Waals surface area (Å²) in [6, 6.07) is 4.26. The van der Waals surface area contributed by atoms with Gasteiger partial charge in [-0.15, -0.1) is 0 Å². The van der Waals surface area contributed by atoms with E-state index in [0.29, 0.717) is 11.5 Å². The fraction of sp³-hybridized carbons (Fsp3) is 0.471. The molecule has 0 fully saturated rings. The summed E-state index contributed by atoms with van der Waals surface area (Å²) in [6.07, 6.45) is 1.93. The molecule has 3 N–H and O–H groups in total. The van der Waals surface area contributed by atoms with Gasteiger partial charge in [-0.3, -0.25) is 4.79 Å². The van der Waals surface area contributed by atoms with Gasteiger partial charge in [-0.1, -0.05) is 32.1 Å². The van der Waals surface area contributed by atoms with Crippen LogP contribution in [0.3, 0.4) is 0 Å². The van der Waals surface area contributed by atoms with Gasteiger partial charge in [0.25, 0.3) is 5.91 Å². The molecule has 1 aromatic carbocycles. The molecule has 0 saturated heterocycles. The first-order valence-electron chi connectivity index (χ1n) is 7.27. The van der Waals surface area contributed by atoms with Gasteiger partial charge >= 0.3 is 0 Å². The predicted octanol–water partition coefficient (Wildman–Crippen LogP) is 2.69. The van der Waals surface area contributed by atoms with Crippen molar-refractivity contribution in [2.75, 3.05) is 6.54 Å². The van der Waals surface area contributed by atoms with E-state index in [1.807, 2.05) is 6.92 Å². The molecule has 0 aliphatic carbocycles. The van der Waals surface area contributed by atoms with Gasteiger partial charge in [-0.05, 0) is 37.5 Å². The Labute approximate surface area is 126 Å². The molecule has 0 aliphatic heterocycles. The number of carbonyl (C=O) groups excluding carboxylic acids is 1. The summed E-state index contributed by atoms with van der Waals surface area (Å²) in [4.78, 5) is 12.1. The number of nitrogens with two attached hydrogens (primary N) is 1. The van der Waals surface area contributed by atoms with Crippen molar-refractivity contribution in [2.45, 2.75) is 39.7 Å². The first-order valence-corrected chi connectivity index (χ1v) is 7.27. The van der Waals surface area contributed by atoms with Crippen molar-refractivity contribution in [1.82, 2.24) is 5.32 Å². The van der Waals surface area contributed by atoms with E-state index < -0.39 is 11.7 Å². The minimum Gasteiger partial charge on any atom is -0.349 e. The average Bonchev–Trinajstić information content (AvgIpc) is 2.45. The lowest BCUT2D eigenvalue weighted by Crippen LogP contribution is -2.34. The van der Waals surface area contributed by atoms with Crippen LogP contribution in [-0.4, -0.2) is 18.5 Å². The number of benzene rings is 1. The minimum atomic E-state index is -0.540. The van der Waals surface area contributed by atoms with Gasteiger partial charge in [0, 0.05) is 11.6 Å². The standard InChI is InChI=1S/C17H23FN2O/c1-4-12(2)10-13(3)20-17(21)15-11-14(6-5-9-19)7-8-16(15)18/h7-8,11-13H,4,9-10,19H2,1-3H3,(H,20,21). The van der Waals surface area contributed by atoms with Gasteiger partial charge in [0.1, 0.15) is 5.82 Å². The summed E-state index contributed by atoms with van der Waals surface area (Å²) >= 11 is 0. The fourth-order valence-electron chi connectivity index (χ4n) is 2.06. The lowest BCUT2D eigenvalue weighted by atomic mass is 10.00. The zero-order chi connectivity index (χ0) is 15.8. The summed E-state index contributed by atoms with van der Waals surface area (Å²) in [5, 5.41) is 2.83. The Hall–Kier alpha value is -1.86. The van der Waals surface area contributed by atoms with E-state index in [4.69, 9.17) is 5.73 Å². The van der Waals surface area contributed by atoms with Crippen LogP contribution < -0.4 is 11.1 Å². The molecule has 21 heavy (non-hydrogen) atoms. The van der Waals surface area contributed by atoms with E-state index in [9.17, 15) is 9.18 Å². The molecular formula is C17H23FN2O. The molecule has 2 atom stereocenters. The molecule has 2 unspecified atom stereocenters.